The molecule has 1 fully saturated rings. The zero-order valence-electron chi connectivity index (χ0n) is 10.3. The van der Waals surface area contributed by atoms with Gasteiger partial charge in [-0.3, -0.25) is 9.59 Å². The van der Waals surface area contributed by atoms with Gasteiger partial charge >= 0.3 is 5.97 Å². The second kappa shape index (κ2) is 10.5. The first-order valence-electron chi connectivity index (χ1n) is 5.86. The lowest BCUT2D eigenvalue weighted by molar-refractivity contribution is -0.142. The van der Waals surface area contributed by atoms with Crippen molar-refractivity contribution in [1.29, 1.82) is 0 Å². The summed E-state index contributed by atoms with van der Waals surface area (Å²) in [4.78, 5) is 22.5. The molecule has 0 aliphatic carbocycles. The molecule has 0 bridgehead atoms. The summed E-state index contributed by atoms with van der Waals surface area (Å²) >= 11 is 15.9. The van der Waals surface area contributed by atoms with Gasteiger partial charge < -0.3 is 4.74 Å². The Morgan fingerprint density at radius 2 is 2.00 bits per heavy atom. The molecule has 19 heavy (non-hydrogen) atoms. The van der Waals surface area contributed by atoms with Gasteiger partial charge in [-0.2, -0.15) is 0 Å². The Morgan fingerprint density at radius 3 is 2.68 bits per heavy atom. The van der Waals surface area contributed by atoms with Gasteiger partial charge in [-0.15, -0.1) is 46.7 Å². The van der Waals surface area contributed by atoms with Crippen molar-refractivity contribution in [2.45, 2.75) is 22.7 Å². The van der Waals surface area contributed by atoms with Gasteiger partial charge in [0.1, 0.15) is 6.61 Å². The minimum absolute atomic E-state index is 0.146. The monoisotopic (exact) mass is 362 g/mol. The van der Waals surface area contributed by atoms with Crippen LogP contribution in [-0.2, 0) is 14.3 Å². The minimum Gasteiger partial charge on any atom is -0.464 e. The Morgan fingerprint density at radius 1 is 1.26 bits per heavy atom. The minimum atomic E-state index is -0.240. The van der Waals surface area contributed by atoms with Crippen molar-refractivity contribution in [2.75, 3.05) is 29.9 Å². The summed E-state index contributed by atoms with van der Waals surface area (Å²) in [5, 5.41) is 0.464. The van der Waals surface area contributed by atoms with Crippen molar-refractivity contribution in [3.05, 3.63) is 0 Å². The molecule has 1 aliphatic heterocycles. The third kappa shape index (κ3) is 7.95. The Hall–Kier alpha value is 0.770. The van der Waals surface area contributed by atoms with Crippen LogP contribution in [0.1, 0.15) is 12.8 Å². The maximum Gasteiger partial charge on any atom is 0.307 e. The molecule has 0 N–H and O–H groups in total. The van der Waals surface area contributed by atoms with Crippen molar-refractivity contribution in [3.63, 3.8) is 0 Å². The summed E-state index contributed by atoms with van der Waals surface area (Å²) in [6, 6.07) is 0. The third-order valence-electron chi connectivity index (χ3n) is 2.22. The molecule has 2 atom stereocenters. The van der Waals surface area contributed by atoms with Crippen LogP contribution in [0.4, 0.5) is 0 Å². The lowest BCUT2D eigenvalue weighted by Gasteiger charge is -2.10. The summed E-state index contributed by atoms with van der Waals surface area (Å²) in [7, 11) is 0. The van der Waals surface area contributed by atoms with E-state index in [4.69, 9.17) is 27.9 Å². The number of hydrogen-bond donors (Lipinski definition) is 0. The Balaban J connectivity index is 2.12. The molecule has 2 unspecified atom stereocenters. The zero-order valence-corrected chi connectivity index (χ0v) is 14.3. The van der Waals surface area contributed by atoms with E-state index in [1.54, 1.807) is 11.8 Å². The molecule has 110 valence electrons. The molecule has 0 aromatic rings. The Bertz CT molecular complexity index is 277. The van der Waals surface area contributed by atoms with E-state index in [-0.39, 0.29) is 17.5 Å². The van der Waals surface area contributed by atoms with Gasteiger partial charge in [0.15, 0.2) is 5.12 Å². The molecule has 0 amide bonds. The van der Waals surface area contributed by atoms with E-state index in [9.17, 15) is 9.59 Å². The van der Waals surface area contributed by atoms with Crippen LogP contribution in [-0.4, -0.2) is 50.8 Å². The molecule has 1 rings (SSSR count). The number of thioether (sulfide) groups is 3. The number of ether oxygens (including phenoxy) is 1. The van der Waals surface area contributed by atoms with Crippen LogP contribution in [0, 0.1) is 0 Å². The lowest BCUT2D eigenvalue weighted by Crippen LogP contribution is -2.16. The summed E-state index contributed by atoms with van der Waals surface area (Å²) < 4.78 is 5.52. The van der Waals surface area contributed by atoms with Crippen LogP contribution in [0.3, 0.4) is 0 Å². The highest BCUT2D eigenvalue weighted by molar-refractivity contribution is 8.22. The average Bonchev–Trinajstić information content (AvgIpc) is 2.83. The average molecular weight is 363 g/mol. The van der Waals surface area contributed by atoms with E-state index in [1.807, 2.05) is 11.8 Å². The highest BCUT2D eigenvalue weighted by Crippen LogP contribution is 2.39. The highest BCUT2D eigenvalue weighted by atomic mass is 35.5. The number of hydrogen-bond acceptors (Lipinski definition) is 6. The highest BCUT2D eigenvalue weighted by Gasteiger charge is 2.27. The van der Waals surface area contributed by atoms with Gasteiger partial charge in [-0.1, -0.05) is 11.8 Å². The first-order chi connectivity index (χ1) is 9.15. The van der Waals surface area contributed by atoms with Crippen LogP contribution >= 0.6 is 58.5 Å². The maximum absolute atomic E-state index is 11.3. The van der Waals surface area contributed by atoms with Gasteiger partial charge in [0, 0.05) is 34.9 Å². The van der Waals surface area contributed by atoms with Crippen molar-refractivity contribution < 1.29 is 14.3 Å². The molecule has 0 radical (unpaired) electrons. The number of carbonyl (C=O) groups excluding carboxylic acids is 2. The number of esters is 1. The molecule has 8 heteroatoms. The van der Waals surface area contributed by atoms with Crippen LogP contribution in [0.15, 0.2) is 0 Å². The van der Waals surface area contributed by atoms with E-state index in [0.717, 1.165) is 11.5 Å². The third-order valence-corrected chi connectivity index (χ3v) is 7.29. The van der Waals surface area contributed by atoms with E-state index in [2.05, 4.69) is 0 Å². The van der Waals surface area contributed by atoms with E-state index in [1.165, 1.54) is 11.8 Å². The van der Waals surface area contributed by atoms with Crippen molar-refractivity contribution >= 4 is 69.6 Å². The molecule has 0 aromatic carbocycles. The second-order valence-corrected chi connectivity index (χ2v) is 8.64. The first-order valence-corrected chi connectivity index (χ1v) is 9.90. The van der Waals surface area contributed by atoms with Crippen LogP contribution in [0.25, 0.3) is 0 Å². The maximum atomic E-state index is 11.3. The summed E-state index contributed by atoms with van der Waals surface area (Å²) in [6.45, 7) is 0.435. The second-order valence-electron chi connectivity index (χ2n) is 3.76. The molecule has 0 spiro atoms. The first kappa shape index (κ1) is 17.8. The summed E-state index contributed by atoms with van der Waals surface area (Å²) in [5.74, 6) is 2.18. The van der Waals surface area contributed by atoms with Gasteiger partial charge in [0.05, 0.1) is 11.0 Å². The number of halogens is 2. The molecule has 0 saturated carbocycles. The molecule has 1 saturated heterocycles. The van der Waals surface area contributed by atoms with Crippen molar-refractivity contribution in [3.8, 4) is 0 Å². The quantitative estimate of drug-likeness (QED) is 0.487. The number of alkyl halides is 2. The molecular weight excluding hydrogens is 347 g/mol. The standard InChI is InChI=1S/C11H16Cl2O3S3/c12-3-1-9(14)16-5-8-6-18-11(19-8)7-17-10(15)2-4-13/h8,11H,1-7H2. The number of rotatable bonds is 8. The van der Waals surface area contributed by atoms with Crippen LogP contribution in [0.2, 0.25) is 0 Å². The smallest absolute Gasteiger partial charge is 0.307 e. The molecule has 1 aliphatic rings. The SMILES string of the molecule is O=C(CCCl)OCC1CSC(CSC(=O)CCCl)S1. The van der Waals surface area contributed by atoms with Gasteiger partial charge in [-0.25, -0.2) is 0 Å². The lowest BCUT2D eigenvalue weighted by atomic mass is 10.5. The molecule has 3 nitrogen and oxygen atoms in total. The Kier molecular flexibility index (Phi) is 9.84. The fourth-order valence-corrected chi connectivity index (χ4v) is 6.11. The predicted molar refractivity (Wildman–Crippen MR) is 86.7 cm³/mol. The summed E-state index contributed by atoms with van der Waals surface area (Å²) in [5.41, 5.74) is 0. The van der Waals surface area contributed by atoms with Gasteiger partial charge in [0.25, 0.3) is 0 Å². The van der Waals surface area contributed by atoms with Crippen molar-refractivity contribution in [1.82, 2.24) is 0 Å². The van der Waals surface area contributed by atoms with Gasteiger partial charge in [-0.05, 0) is 0 Å². The van der Waals surface area contributed by atoms with E-state index >= 15 is 0 Å². The topological polar surface area (TPSA) is 43.4 Å². The normalized spacial score (nSPS) is 22.4. The van der Waals surface area contributed by atoms with E-state index in [0.29, 0.717) is 34.6 Å². The van der Waals surface area contributed by atoms with Crippen molar-refractivity contribution in [2.24, 2.45) is 0 Å². The zero-order chi connectivity index (χ0) is 14.1. The largest absolute Gasteiger partial charge is 0.464 e. The van der Waals surface area contributed by atoms with E-state index < -0.39 is 0 Å². The molecule has 0 aromatic heterocycles. The predicted octanol–water partition coefficient (Wildman–Crippen LogP) is 3.22. The summed E-state index contributed by atoms with van der Waals surface area (Å²) in [6.07, 6.45) is 0.687. The van der Waals surface area contributed by atoms with Crippen LogP contribution < -0.4 is 0 Å². The molecular formula is C11H16Cl2O3S3. The van der Waals surface area contributed by atoms with Gasteiger partial charge in [0.2, 0.25) is 0 Å². The fourth-order valence-electron chi connectivity index (χ4n) is 1.33. The number of carbonyl (C=O) groups is 2. The fraction of sp³-hybridized carbons (Fsp3) is 0.818. The molecule has 1 heterocycles. The van der Waals surface area contributed by atoms with Crippen LogP contribution in [0.5, 0.6) is 0 Å². The Labute approximate surface area is 136 Å².